The predicted molar refractivity (Wildman–Crippen MR) is 193 cm³/mol. The third kappa shape index (κ3) is 10.5. The zero-order chi connectivity index (χ0) is 37.3. The fraction of sp³-hybridized carbons (Fsp3) is 0.395. The third-order valence-corrected chi connectivity index (χ3v) is 8.26. The molecular formula is C38H48N6O7. The van der Waals surface area contributed by atoms with E-state index in [1.807, 2.05) is 48.5 Å². The van der Waals surface area contributed by atoms with Crippen LogP contribution in [0.15, 0.2) is 72.8 Å². The maximum absolute atomic E-state index is 13.9. The largest absolute Gasteiger partial charge is 0.444 e. The Morgan fingerprint density at radius 2 is 1.43 bits per heavy atom. The van der Waals surface area contributed by atoms with E-state index in [4.69, 9.17) is 15.2 Å². The Morgan fingerprint density at radius 3 is 1.98 bits per heavy atom. The van der Waals surface area contributed by atoms with Crippen LogP contribution in [0, 0.1) is 5.92 Å². The Hall–Kier alpha value is -5.59. The number of anilines is 1. The summed E-state index contributed by atoms with van der Waals surface area (Å²) < 4.78 is 11.3. The lowest BCUT2D eigenvalue weighted by atomic mass is 10.0. The molecule has 0 spiro atoms. The highest BCUT2D eigenvalue weighted by atomic mass is 16.6. The molecular weight excluding hydrogens is 652 g/mol. The molecule has 2 atom stereocenters. The predicted octanol–water partition coefficient (Wildman–Crippen LogP) is 5.45. The van der Waals surface area contributed by atoms with E-state index in [1.54, 1.807) is 58.9 Å². The fourth-order valence-electron chi connectivity index (χ4n) is 5.93. The summed E-state index contributed by atoms with van der Waals surface area (Å²) >= 11 is 0. The maximum atomic E-state index is 13.9. The number of amides is 6. The second-order valence-corrected chi connectivity index (χ2v) is 13.8. The average molecular weight is 701 g/mol. The number of ether oxygens (including phenoxy) is 2. The number of nitrogens with zero attached hydrogens (tertiary/aromatic N) is 1. The van der Waals surface area contributed by atoms with Gasteiger partial charge in [-0.15, -0.1) is 0 Å². The summed E-state index contributed by atoms with van der Waals surface area (Å²) in [5.74, 6) is -1.37. The molecule has 1 aliphatic rings. The molecule has 0 radical (unpaired) electrons. The molecule has 272 valence electrons. The number of alkyl carbamates (subject to hydrolysis) is 1. The van der Waals surface area contributed by atoms with E-state index in [2.05, 4.69) is 21.3 Å². The monoisotopic (exact) mass is 700 g/mol. The van der Waals surface area contributed by atoms with Gasteiger partial charge in [-0.05, 0) is 68.4 Å². The first-order valence-electron chi connectivity index (χ1n) is 17.0. The van der Waals surface area contributed by atoms with Crippen molar-refractivity contribution in [3.05, 3.63) is 89.5 Å². The van der Waals surface area contributed by atoms with Gasteiger partial charge in [-0.2, -0.15) is 0 Å². The van der Waals surface area contributed by atoms with Gasteiger partial charge in [0.05, 0.1) is 0 Å². The summed E-state index contributed by atoms with van der Waals surface area (Å²) in [5, 5.41) is 10.8. The van der Waals surface area contributed by atoms with Gasteiger partial charge in [0.1, 0.15) is 17.7 Å². The van der Waals surface area contributed by atoms with Crippen molar-refractivity contribution in [2.24, 2.45) is 11.7 Å². The van der Waals surface area contributed by atoms with Crippen molar-refractivity contribution in [2.75, 3.05) is 18.9 Å². The van der Waals surface area contributed by atoms with E-state index < -0.39 is 53.8 Å². The number of urea groups is 1. The summed E-state index contributed by atoms with van der Waals surface area (Å²) in [5.41, 5.74) is 9.51. The second-order valence-electron chi connectivity index (χ2n) is 13.8. The fourth-order valence-corrected chi connectivity index (χ4v) is 5.93. The topological polar surface area (TPSA) is 181 Å². The van der Waals surface area contributed by atoms with Crippen molar-refractivity contribution in [3.8, 4) is 11.1 Å². The lowest BCUT2D eigenvalue weighted by molar-refractivity contribution is -0.131. The molecule has 4 rings (SSSR count). The number of likely N-dealkylation sites (N-methyl/N-ethyl adjacent to an activating group) is 1. The molecule has 0 unspecified atom stereocenters. The van der Waals surface area contributed by atoms with Crippen LogP contribution >= 0.6 is 0 Å². The van der Waals surface area contributed by atoms with Crippen LogP contribution < -0.4 is 27.0 Å². The molecule has 0 aromatic heterocycles. The highest BCUT2D eigenvalue weighted by molar-refractivity contribution is 5.98. The van der Waals surface area contributed by atoms with Crippen LogP contribution in [0.25, 0.3) is 11.1 Å². The first-order valence-corrected chi connectivity index (χ1v) is 17.0. The SMILES string of the molecule is CC(C)[C@@H](C(=O)N[C@@H](CCCNC(N)=O)C(=O)Nc1ccc(CNC(=O)OC(C)(C)C)cc1)N(C)C(=O)OC1c2ccccc2-c2ccccc21. The van der Waals surface area contributed by atoms with Gasteiger partial charge >= 0.3 is 18.2 Å². The molecule has 3 aromatic carbocycles. The maximum Gasteiger partial charge on any atom is 0.411 e. The van der Waals surface area contributed by atoms with Gasteiger partial charge in [0.2, 0.25) is 11.8 Å². The molecule has 6 N–H and O–H groups in total. The number of carbonyl (C=O) groups excluding carboxylic acids is 5. The molecule has 3 aromatic rings. The summed E-state index contributed by atoms with van der Waals surface area (Å²) in [6.45, 7) is 9.36. The lowest BCUT2D eigenvalue weighted by Gasteiger charge is -2.32. The standard InChI is InChI=1S/C38H48N6O7/c1-23(2)31(44(6)37(49)50-32-28-14-9-7-12-26(28)27-13-8-10-15-29(27)32)34(46)43-30(16-11-21-40-35(39)47)33(45)42-25-19-17-24(18-20-25)22-41-36(48)51-38(3,4)5/h7-10,12-15,17-20,23,30-32H,11,16,21-22H2,1-6H3,(H,41,48)(H,42,45)(H,43,46)(H3,39,40,47)/t30-,31-/m0/s1. The van der Waals surface area contributed by atoms with Crippen LogP contribution in [0.1, 0.15) is 70.3 Å². The molecule has 13 heteroatoms. The molecule has 51 heavy (non-hydrogen) atoms. The minimum absolute atomic E-state index is 0.171. The number of hydrogen-bond acceptors (Lipinski definition) is 7. The Bertz CT molecular complexity index is 1670. The highest BCUT2D eigenvalue weighted by Gasteiger charge is 2.37. The number of carbonyl (C=O) groups is 5. The lowest BCUT2D eigenvalue weighted by Crippen LogP contribution is -2.55. The summed E-state index contributed by atoms with van der Waals surface area (Å²) in [6.07, 6.45) is -1.37. The molecule has 0 fully saturated rings. The van der Waals surface area contributed by atoms with Crippen LogP contribution in [-0.2, 0) is 25.6 Å². The summed E-state index contributed by atoms with van der Waals surface area (Å²) in [7, 11) is 1.50. The van der Waals surface area contributed by atoms with Crippen molar-refractivity contribution < 1.29 is 33.4 Å². The van der Waals surface area contributed by atoms with Crippen molar-refractivity contribution in [2.45, 2.75) is 77.8 Å². The van der Waals surface area contributed by atoms with Crippen LogP contribution in [-0.4, -0.2) is 66.2 Å². The number of nitrogens with one attached hydrogen (secondary N) is 4. The van der Waals surface area contributed by atoms with Gasteiger partial charge in [-0.25, -0.2) is 14.4 Å². The van der Waals surface area contributed by atoms with Gasteiger partial charge in [0.25, 0.3) is 0 Å². The van der Waals surface area contributed by atoms with E-state index in [1.165, 1.54) is 11.9 Å². The van der Waals surface area contributed by atoms with Gasteiger partial charge in [0.15, 0.2) is 6.10 Å². The van der Waals surface area contributed by atoms with Crippen LogP contribution in [0.4, 0.5) is 20.1 Å². The highest BCUT2D eigenvalue weighted by Crippen LogP contribution is 2.45. The molecule has 0 heterocycles. The zero-order valence-electron chi connectivity index (χ0n) is 29.9. The van der Waals surface area contributed by atoms with Crippen molar-refractivity contribution in [3.63, 3.8) is 0 Å². The van der Waals surface area contributed by atoms with Gasteiger partial charge in [0, 0.05) is 37.0 Å². The average Bonchev–Trinajstić information content (AvgIpc) is 3.38. The van der Waals surface area contributed by atoms with E-state index >= 15 is 0 Å². The summed E-state index contributed by atoms with van der Waals surface area (Å²) in [6, 6.07) is 19.6. The van der Waals surface area contributed by atoms with E-state index in [0.29, 0.717) is 12.1 Å². The van der Waals surface area contributed by atoms with E-state index in [9.17, 15) is 24.0 Å². The molecule has 6 amide bonds. The van der Waals surface area contributed by atoms with Gasteiger partial charge in [-0.1, -0.05) is 74.5 Å². The Balaban J connectivity index is 1.44. The number of hydrogen-bond donors (Lipinski definition) is 5. The number of rotatable bonds is 13. The first kappa shape index (κ1) is 38.2. The van der Waals surface area contributed by atoms with Crippen LogP contribution in [0.5, 0.6) is 0 Å². The van der Waals surface area contributed by atoms with Gasteiger partial charge in [-0.3, -0.25) is 14.5 Å². The Morgan fingerprint density at radius 1 is 0.843 bits per heavy atom. The summed E-state index contributed by atoms with van der Waals surface area (Å²) in [4.78, 5) is 65.5. The van der Waals surface area contributed by atoms with Crippen LogP contribution in [0.2, 0.25) is 0 Å². The zero-order valence-corrected chi connectivity index (χ0v) is 29.9. The van der Waals surface area contributed by atoms with Crippen molar-refractivity contribution in [1.82, 2.24) is 20.9 Å². The third-order valence-electron chi connectivity index (χ3n) is 8.26. The number of benzene rings is 3. The number of fused-ring (bicyclic) bond motifs is 3. The van der Waals surface area contributed by atoms with Crippen molar-refractivity contribution in [1.29, 1.82) is 0 Å². The minimum atomic E-state index is -1.01. The van der Waals surface area contributed by atoms with E-state index in [-0.39, 0.29) is 25.4 Å². The number of primary amides is 1. The molecule has 0 aliphatic heterocycles. The van der Waals surface area contributed by atoms with E-state index in [0.717, 1.165) is 27.8 Å². The molecule has 0 saturated heterocycles. The Labute approximate surface area is 298 Å². The van der Waals surface area contributed by atoms with Gasteiger partial charge < -0.3 is 36.5 Å². The van der Waals surface area contributed by atoms with Crippen LogP contribution in [0.3, 0.4) is 0 Å². The smallest absolute Gasteiger partial charge is 0.411 e. The quantitative estimate of drug-likeness (QED) is 0.147. The Kier molecular flexibility index (Phi) is 12.6. The molecule has 0 bridgehead atoms. The number of nitrogens with two attached hydrogens (primary N) is 1. The minimum Gasteiger partial charge on any atom is -0.444 e. The molecule has 1 aliphatic carbocycles. The second kappa shape index (κ2) is 16.9. The molecule has 0 saturated carbocycles. The normalized spacial score (nSPS) is 13.2. The first-order chi connectivity index (χ1) is 24.1. The molecule has 13 nitrogen and oxygen atoms in total. The van der Waals surface area contributed by atoms with Crippen molar-refractivity contribution >= 4 is 35.7 Å².